The highest BCUT2D eigenvalue weighted by atomic mass is 32.2. The Kier molecular flexibility index (Phi) is 11.0. The molecule has 4 unspecified atom stereocenters. The van der Waals surface area contributed by atoms with Gasteiger partial charge in [-0.1, -0.05) is 12.1 Å². The molecule has 0 spiro atoms. The quantitative estimate of drug-likeness (QED) is 0.171. The summed E-state index contributed by atoms with van der Waals surface area (Å²) < 4.78 is 0. The molecule has 1 aliphatic heterocycles. The largest absolute Gasteiger partial charge is 0.508 e. The first-order chi connectivity index (χ1) is 18.3. The number of phenolic OH excluding ortho intramolecular Hbond substituents is 1. The second kappa shape index (κ2) is 14.4. The molecular weight excluding hydrogens is 512 g/mol. The van der Waals surface area contributed by atoms with E-state index >= 15 is 0 Å². The number of H-pyrrole nitrogens is 1. The third-order valence-corrected chi connectivity index (χ3v) is 6.87. The van der Waals surface area contributed by atoms with Gasteiger partial charge in [0.2, 0.25) is 17.7 Å². The number of hydrogen-bond donors (Lipinski definition) is 7. The van der Waals surface area contributed by atoms with Crippen LogP contribution in [-0.4, -0.2) is 86.6 Å². The minimum atomic E-state index is -1.26. The molecule has 1 aromatic heterocycles. The summed E-state index contributed by atoms with van der Waals surface area (Å²) >= 11 is 1.53. The number of nitrogens with one attached hydrogen (secondary N) is 5. The van der Waals surface area contributed by atoms with Gasteiger partial charge in [-0.25, -0.2) is 9.78 Å². The highest BCUT2D eigenvalue weighted by molar-refractivity contribution is 7.98. The summed E-state index contributed by atoms with van der Waals surface area (Å²) in [5, 5.41) is 30.4. The number of benzene rings is 1. The summed E-state index contributed by atoms with van der Waals surface area (Å²) in [4.78, 5) is 57.9. The molecule has 0 radical (unpaired) electrons. The van der Waals surface area contributed by atoms with Gasteiger partial charge in [-0.2, -0.15) is 11.8 Å². The van der Waals surface area contributed by atoms with Crippen molar-refractivity contribution in [1.29, 1.82) is 0 Å². The molecule has 0 bridgehead atoms. The van der Waals surface area contributed by atoms with Gasteiger partial charge in [-0.05, 0) is 55.5 Å². The van der Waals surface area contributed by atoms with E-state index in [1.54, 1.807) is 12.1 Å². The lowest BCUT2D eigenvalue weighted by atomic mass is 10.0. The Morgan fingerprint density at radius 2 is 1.76 bits per heavy atom. The van der Waals surface area contributed by atoms with Crippen molar-refractivity contribution in [3.63, 3.8) is 0 Å². The Hall–Kier alpha value is -3.58. The van der Waals surface area contributed by atoms with Crippen molar-refractivity contribution in [2.45, 2.75) is 56.3 Å². The Bertz CT molecular complexity index is 1070. The maximum atomic E-state index is 13.3. The molecule has 13 heteroatoms. The first-order valence-corrected chi connectivity index (χ1v) is 13.8. The van der Waals surface area contributed by atoms with Crippen LogP contribution in [0.2, 0.25) is 0 Å². The standard InChI is InChI=1S/C25H34N6O6S/c1-38-10-8-19(29-22(33)18-3-2-9-27-18)23(34)30-20(11-15-4-6-17(32)7-5-15)24(35)31-21(25(36)37)12-16-13-26-14-28-16/h4-7,13-14,18-21,27,32H,2-3,8-12H2,1H3,(H,26,28)(H,29,33)(H,30,34)(H,31,35)(H,36,37). The van der Waals surface area contributed by atoms with Gasteiger partial charge < -0.3 is 36.5 Å². The molecule has 7 N–H and O–H groups in total. The predicted molar refractivity (Wildman–Crippen MR) is 142 cm³/mol. The Labute approximate surface area is 224 Å². The Morgan fingerprint density at radius 3 is 2.37 bits per heavy atom. The number of carboxylic acids is 1. The van der Waals surface area contributed by atoms with E-state index in [0.717, 1.165) is 13.0 Å². The van der Waals surface area contributed by atoms with Crippen LogP contribution < -0.4 is 21.3 Å². The fraction of sp³-hybridized carbons (Fsp3) is 0.480. The molecule has 0 saturated carbocycles. The third kappa shape index (κ3) is 8.77. The second-order valence-electron chi connectivity index (χ2n) is 9.10. The smallest absolute Gasteiger partial charge is 0.326 e. The van der Waals surface area contributed by atoms with E-state index in [1.807, 2.05) is 6.26 Å². The van der Waals surface area contributed by atoms with Crippen molar-refractivity contribution in [3.8, 4) is 5.75 Å². The number of carbonyl (C=O) groups excluding carboxylic acids is 3. The number of aromatic amines is 1. The molecular formula is C25H34N6O6S. The highest BCUT2D eigenvalue weighted by Crippen LogP contribution is 2.13. The molecule has 206 valence electrons. The molecule has 1 aliphatic rings. The molecule has 1 fully saturated rings. The van der Waals surface area contributed by atoms with Crippen LogP contribution >= 0.6 is 11.8 Å². The topological polar surface area (TPSA) is 186 Å². The molecule has 3 amide bonds. The zero-order chi connectivity index (χ0) is 27.5. The number of nitrogens with zero attached hydrogens (tertiary/aromatic N) is 1. The third-order valence-electron chi connectivity index (χ3n) is 6.22. The maximum Gasteiger partial charge on any atom is 0.326 e. The van der Waals surface area contributed by atoms with Gasteiger partial charge in [0.15, 0.2) is 0 Å². The normalized spacial score (nSPS) is 17.2. The average Bonchev–Trinajstić information content (AvgIpc) is 3.61. The number of phenols is 1. The first-order valence-electron chi connectivity index (χ1n) is 12.4. The van der Waals surface area contributed by atoms with Crippen LogP contribution in [0.25, 0.3) is 0 Å². The number of aromatic nitrogens is 2. The number of rotatable bonds is 14. The molecule has 4 atom stereocenters. The zero-order valence-corrected chi connectivity index (χ0v) is 21.9. The summed E-state index contributed by atoms with van der Waals surface area (Å²) in [5.74, 6) is -2.08. The van der Waals surface area contributed by atoms with Crippen LogP contribution in [0.5, 0.6) is 5.75 Å². The lowest BCUT2D eigenvalue weighted by molar-refractivity contribution is -0.142. The fourth-order valence-corrected chi connectivity index (χ4v) is 4.59. The monoisotopic (exact) mass is 546 g/mol. The Morgan fingerprint density at radius 1 is 1.05 bits per heavy atom. The summed E-state index contributed by atoms with van der Waals surface area (Å²) in [7, 11) is 0. The number of carboxylic acid groups (broad SMARTS) is 1. The molecule has 2 heterocycles. The van der Waals surface area contributed by atoms with Crippen LogP contribution in [0.3, 0.4) is 0 Å². The van der Waals surface area contributed by atoms with Crippen molar-refractivity contribution in [2.75, 3.05) is 18.6 Å². The van der Waals surface area contributed by atoms with E-state index in [1.165, 1.54) is 36.4 Å². The molecule has 0 aliphatic carbocycles. The van der Waals surface area contributed by atoms with Gasteiger partial charge >= 0.3 is 5.97 Å². The van der Waals surface area contributed by atoms with Gasteiger partial charge in [0.1, 0.15) is 23.9 Å². The van der Waals surface area contributed by atoms with E-state index < -0.39 is 35.9 Å². The lowest BCUT2D eigenvalue weighted by Gasteiger charge is -2.25. The summed E-state index contributed by atoms with van der Waals surface area (Å²) in [6, 6.07) is 2.51. The molecule has 12 nitrogen and oxygen atoms in total. The highest BCUT2D eigenvalue weighted by Gasteiger charge is 2.31. The second-order valence-corrected chi connectivity index (χ2v) is 10.1. The molecule has 38 heavy (non-hydrogen) atoms. The fourth-order valence-electron chi connectivity index (χ4n) is 4.12. The van der Waals surface area contributed by atoms with Crippen LogP contribution in [-0.2, 0) is 32.0 Å². The minimum absolute atomic E-state index is 0.0260. The van der Waals surface area contributed by atoms with Crippen LogP contribution in [0.1, 0.15) is 30.5 Å². The molecule has 3 rings (SSSR count). The van der Waals surface area contributed by atoms with E-state index in [9.17, 15) is 29.4 Å². The number of carbonyl (C=O) groups is 4. The van der Waals surface area contributed by atoms with E-state index in [2.05, 4.69) is 31.2 Å². The first kappa shape index (κ1) is 29.0. The van der Waals surface area contributed by atoms with Gasteiger partial charge in [-0.3, -0.25) is 14.4 Å². The van der Waals surface area contributed by atoms with Gasteiger partial charge in [0.25, 0.3) is 0 Å². The number of hydrogen-bond acceptors (Lipinski definition) is 8. The number of aliphatic carboxylic acids is 1. The van der Waals surface area contributed by atoms with Gasteiger partial charge in [-0.15, -0.1) is 0 Å². The number of thioether (sulfide) groups is 1. The molecule has 1 saturated heterocycles. The van der Waals surface area contributed by atoms with Crippen molar-refractivity contribution >= 4 is 35.5 Å². The van der Waals surface area contributed by atoms with Crippen molar-refractivity contribution < 1.29 is 29.4 Å². The van der Waals surface area contributed by atoms with Crippen LogP contribution in [0.15, 0.2) is 36.8 Å². The summed E-state index contributed by atoms with van der Waals surface area (Å²) in [5.41, 5.74) is 1.17. The number of amides is 3. The van der Waals surface area contributed by atoms with Gasteiger partial charge in [0, 0.05) is 24.7 Å². The number of imidazole rings is 1. The van der Waals surface area contributed by atoms with E-state index in [4.69, 9.17) is 0 Å². The van der Waals surface area contributed by atoms with Crippen molar-refractivity contribution in [3.05, 3.63) is 48.0 Å². The molecule has 1 aromatic carbocycles. The average molecular weight is 547 g/mol. The predicted octanol–water partition coefficient (Wildman–Crippen LogP) is -0.0554. The Balaban J connectivity index is 1.76. The van der Waals surface area contributed by atoms with E-state index in [-0.39, 0.29) is 30.5 Å². The summed E-state index contributed by atoms with van der Waals surface area (Å²) in [6.07, 6.45) is 6.70. The maximum absolute atomic E-state index is 13.3. The van der Waals surface area contributed by atoms with Crippen molar-refractivity contribution in [1.82, 2.24) is 31.2 Å². The van der Waals surface area contributed by atoms with Gasteiger partial charge in [0.05, 0.1) is 12.4 Å². The van der Waals surface area contributed by atoms with Crippen LogP contribution in [0.4, 0.5) is 0 Å². The van der Waals surface area contributed by atoms with Crippen LogP contribution in [0, 0.1) is 0 Å². The summed E-state index contributed by atoms with van der Waals surface area (Å²) in [6.45, 7) is 0.734. The number of aromatic hydroxyl groups is 1. The molecule has 2 aromatic rings. The lowest BCUT2D eigenvalue weighted by Crippen LogP contribution is -2.57. The minimum Gasteiger partial charge on any atom is -0.508 e. The SMILES string of the molecule is CSCCC(NC(=O)C1CCCN1)C(=O)NC(Cc1ccc(O)cc1)C(=O)NC(Cc1cnc[nH]1)C(=O)O. The zero-order valence-electron chi connectivity index (χ0n) is 21.1. The van der Waals surface area contributed by atoms with Crippen molar-refractivity contribution in [2.24, 2.45) is 0 Å². The van der Waals surface area contributed by atoms with E-state index in [0.29, 0.717) is 29.9 Å².